The minimum absolute atomic E-state index is 0.161. The molecular formula is C13H15BrO2. The number of carbonyl (C=O) groups is 1. The molecule has 1 aromatic rings. The van der Waals surface area contributed by atoms with Crippen LogP contribution in [-0.4, -0.2) is 12.4 Å². The zero-order chi connectivity index (χ0) is 11.5. The van der Waals surface area contributed by atoms with E-state index < -0.39 is 0 Å². The van der Waals surface area contributed by atoms with Gasteiger partial charge in [-0.15, -0.1) is 0 Å². The molecule has 0 radical (unpaired) electrons. The van der Waals surface area contributed by atoms with Crippen LogP contribution in [0.15, 0.2) is 22.7 Å². The molecule has 1 aliphatic rings. The van der Waals surface area contributed by atoms with Crippen LogP contribution in [0.2, 0.25) is 0 Å². The lowest BCUT2D eigenvalue weighted by molar-refractivity contribution is -0.116. The second-order valence-corrected chi connectivity index (χ2v) is 5.22. The van der Waals surface area contributed by atoms with Crippen LogP contribution >= 0.6 is 15.9 Å². The smallest absolute Gasteiger partial charge is 0.137 e. The number of para-hydroxylation sites is 1. The molecule has 0 bridgehead atoms. The number of ether oxygens (including phenoxy) is 1. The van der Waals surface area contributed by atoms with Gasteiger partial charge in [0.25, 0.3) is 0 Å². The maximum absolute atomic E-state index is 11.2. The Morgan fingerprint density at radius 3 is 2.88 bits per heavy atom. The van der Waals surface area contributed by atoms with Gasteiger partial charge in [-0.25, -0.2) is 0 Å². The average molecular weight is 283 g/mol. The summed E-state index contributed by atoms with van der Waals surface area (Å²) in [6.45, 7) is 2.37. The van der Waals surface area contributed by atoms with E-state index in [9.17, 15) is 4.79 Å². The Bertz CT molecular complexity index is 397. The normalized spacial score (nSPS) is 14.9. The highest BCUT2D eigenvalue weighted by atomic mass is 79.9. The number of hydrogen-bond acceptors (Lipinski definition) is 2. The van der Waals surface area contributed by atoms with Gasteiger partial charge in [-0.2, -0.15) is 0 Å². The van der Waals surface area contributed by atoms with Crippen LogP contribution in [-0.2, 0) is 11.2 Å². The number of ketones is 1. The third-order valence-electron chi connectivity index (χ3n) is 2.65. The summed E-state index contributed by atoms with van der Waals surface area (Å²) < 4.78 is 6.73. The van der Waals surface area contributed by atoms with Crippen molar-refractivity contribution in [3.05, 3.63) is 28.2 Å². The van der Waals surface area contributed by atoms with Crippen molar-refractivity contribution in [1.29, 1.82) is 0 Å². The summed E-state index contributed by atoms with van der Waals surface area (Å²) in [6.07, 6.45) is 2.98. The number of carbonyl (C=O) groups excluding carboxylic acids is 1. The molecule has 1 fully saturated rings. The monoisotopic (exact) mass is 282 g/mol. The van der Waals surface area contributed by atoms with E-state index in [4.69, 9.17) is 4.74 Å². The quantitative estimate of drug-likeness (QED) is 0.828. The van der Waals surface area contributed by atoms with Gasteiger partial charge in [0, 0.05) is 12.0 Å². The fraction of sp³-hybridized carbons (Fsp3) is 0.462. The Balaban J connectivity index is 2.13. The highest BCUT2D eigenvalue weighted by Gasteiger charge is 2.23. The number of benzene rings is 1. The third-order valence-corrected chi connectivity index (χ3v) is 3.27. The number of halogens is 1. The highest BCUT2D eigenvalue weighted by molar-refractivity contribution is 9.10. The van der Waals surface area contributed by atoms with Gasteiger partial charge in [0.15, 0.2) is 0 Å². The van der Waals surface area contributed by atoms with Crippen molar-refractivity contribution in [2.45, 2.75) is 26.2 Å². The van der Waals surface area contributed by atoms with Gasteiger partial charge in [0.2, 0.25) is 0 Å². The molecule has 0 amide bonds. The van der Waals surface area contributed by atoms with E-state index in [1.165, 1.54) is 12.8 Å². The predicted molar refractivity (Wildman–Crippen MR) is 66.7 cm³/mol. The highest BCUT2D eigenvalue weighted by Crippen LogP contribution is 2.34. The molecule has 1 aromatic carbocycles. The second-order valence-electron chi connectivity index (χ2n) is 4.36. The maximum Gasteiger partial charge on any atom is 0.137 e. The molecule has 86 valence electrons. The number of Topliss-reactive ketones (excluding diaryl/α,β-unsaturated/α-hetero) is 1. The number of rotatable bonds is 5. The second kappa shape index (κ2) is 5.00. The van der Waals surface area contributed by atoms with Crippen LogP contribution < -0.4 is 4.74 Å². The van der Waals surface area contributed by atoms with Crippen LogP contribution in [0, 0.1) is 5.92 Å². The minimum atomic E-state index is 0.161. The fourth-order valence-corrected chi connectivity index (χ4v) is 2.13. The van der Waals surface area contributed by atoms with E-state index in [-0.39, 0.29) is 5.78 Å². The van der Waals surface area contributed by atoms with Crippen LogP contribution in [0.1, 0.15) is 25.3 Å². The summed E-state index contributed by atoms with van der Waals surface area (Å²) in [5.41, 5.74) is 0.975. The summed E-state index contributed by atoms with van der Waals surface area (Å²) in [5.74, 6) is 1.72. The molecule has 0 saturated heterocycles. The van der Waals surface area contributed by atoms with E-state index >= 15 is 0 Å². The van der Waals surface area contributed by atoms with Gasteiger partial charge in [-0.3, -0.25) is 4.79 Å². The van der Waals surface area contributed by atoms with Crippen LogP contribution in [0.25, 0.3) is 0 Å². The molecule has 0 spiro atoms. The Morgan fingerprint density at radius 2 is 2.25 bits per heavy atom. The lowest BCUT2D eigenvalue weighted by Gasteiger charge is -2.12. The first kappa shape index (κ1) is 11.6. The Labute approximate surface area is 104 Å². The van der Waals surface area contributed by atoms with Crippen molar-refractivity contribution >= 4 is 21.7 Å². The molecule has 1 aliphatic carbocycles. The summed E-state index contributed by atoms with van der Waals surface area (Å²) in [7, 11) is 0. The van der Waals surface area contributed by atoms with E-state index in [0.717, 1.165) is 28.3 Å². The van der Waals surface area contributed by atoms with E-state index in [1.54, 1.807) is 6.92 Å². The molecule has 0 heterocycles. The first-order chi connectivity index (χ1) is 7.66. The summed E-state index contributed by atoms with van der Waals surface area (Å²) in [4.78, 5) is 11.2. The fourth-order valence-electron chi connectivity index (χ4n) is 1.61. The maximum atomic E-state index is 11.2. The summed E-state index contributed by atoms with van der Waals surface area (Å²) >= 11 is 3.47. The first-order valence-corrected chi connectivity index (χ1v) is 6.35. The summed E-state index contributed by atoms with van der Waals surface area (Å²) in [6, 6.07) is 5.84. The predicted octanol–water partition coefficient (Wildman–Crippen LogP) is 3.37. The van der Waals surface area contributed by atoms with Crippen molar-refractivity contribution in [3.8, 4) is 5.75 Å². The molecule has 2 nitrogen and oxygen atoms in total. The minimum Gasteiger partial charge on any atom is -0.492 e. The Kier molecular flexibility index (Phi) is 3.64. The van der Waals surface area contributed by atoms with E-state index in [1.807, 2.05) is 18.2 Å². The van der Waals surface area contributed by atoms with Crippen LogP contribution in [0.4, 0.5) is 0 Å². The zero-order valence-electron chi connectivity index (χ0n) is 9.33. The molecule has 0 N–H and O–H groups in total. The lowest BCUT2D eigenvalue weighted by atomic mass is 10.1. The topological polar surface area (TPSA) is 26.3 Å². The zero-order valence-corrected chi connectivity index (χ0v) is 10.9. The van der Waals surface area contributed by atoms with Gasteiger partial charge in [-0.05, 0) is 47.7 Å². The largest absolute Gasteiger partial charge is 0.492 e. The van der Waals surface area contributed by atoms with Crippen molar-refractivity contribution in [2.24, 2.45) is 5.92 Å². The molecule has 0 aliphatic heterocycles. The molecule has 1 saturated carbocycles. The van der Waals surface area contributed by atoms with E-state index in [0.29, 0.717) is 6.42 Å². The van der Waals surface area contributed by atoms with Crippen LogP contribution in [0.5, 0.6) is 5.75 Å². The Morgan fingerprint density at radius 1 is 1.50 bits per heavy atom. The molecule has 0 aromatic heterocycles. The van der Waals surface area contributed by atoms with Crippen molar-refractivity contribution in [1.82, 2.24) is 0 Å². The van der Waals surface area contributed by atoms with Crippen molar-refractivity contribution < 1.29 is 9.53 Å². The molecule has 0 atom stereocenters. The van der Waals surface area contributed by atoms with Gasteiger partial charge in [-0.1, -0.05) is 12.1 Å². The standard InChI is InChI=1S/C13H15BrO2/c1-9(15)7-11-3-2-4-12(14)13(11)16-8-10-5-6-10/h2-4,10H,5-8H2,1H3. The average Bonchev–Trinajstić information content (AvgIpc) is 2.99. The first-order valence-electron chi connectivity index (χ1n) is 5.56. The Hall–Kier alpha value is -0.830. The van der Waals surface area contributed by atoms with Crippen molar-refractivity contribution in [3.63, 3.8) is 0 Å². The molecule has 0 unspecified atom stereocenters. The molecule has 16 heavy (non-hydrogen) atoms. The van der Waals surface area contributed by atoms with E-state index in [2.05, 4.69) is 15.9 Å². The molecule has 3 heteroatoms. The van der Waals surface area contributed by atoms with Gasteiger partial charge >= 0.3 is 0 Å². The van der Waals surface area contributed by atoms with Gasteiger partial charge in [0.1, 0.15) is 11.5 Å². The van der Waals surface area contributed by atoms with Crippen molar-refractivity contribution in [2.75, 3.05) is 6.61 Å². The summed E-state index contributed by atoms with van der Waals surface area (Å²) in [5, 5.41) is 0. The molecular weight excluding hydrogens is 268 g/mol. The molecule has 2 rings (SSSR count). The van der Waals surface area contributed by atoms with Crippen LogP contribution in [0.3, 0.4) is 0 Å². The SMILES string of the molecule is CC(=O)Cc1cccc(Br)c1OCC1CC1. The van der Waals surface area contributed by atoms with Gasteiger partial charge in [0.05, 0.1) is 11.1 Å². The third kappa shape index (κ3) is 3.08. The van der Waals surface area contributed by atoms with Gasteiger partial charge < -0.3 is 4.74 Å². The lowest BCUT2D eigenvalue weighted by Crippen LogP contribution is -2.05. The number of hydrogen-bond donors (Lipinski definition) is 0.